The molecule has 1 saturated carbocycles. The maximum atomic E-state index is 14.3. The van der Waals surface area contributed by atoms with E-state index in [-0.39, 0.29) is 142 Å². The molecule has 37 nitrogen and oxygen atoms in total. The highest BCUT2D eigenvalue weighted by atomic mass is 16.4. The topological polar surface area (TPSA) is 564 Å². The number of carbonyl (C=O) groups excluding carboxylic acids is 7. The minimum Gasteiger partial charge on any atom is -0.481 e. The second-order valence-electron chi connectivity index (χ2n) is 24.9. The molecule has 37 heteroatoms. The summed E-state index contributed by atoms with van der Waals surface area (Å²) in [7, 11) is 0. The van der Waals surface area contributed by atoms with Gasteiger partial charge in [0.15, 0.2) is 0 Å². The second-order valence-corrected chi connectivity index (χ2v) is 24.9. The third-order valence-corrected chi connectivity index (χ3v) is 17.0. The summed E-state index contributed by atoms with van der Waals surface area (Å²) >= 11 is 0. The first-order chi connectivity index (χ1) is 47.8. The van der Waals surface area contributed by atoms with E-state index in [9.17, 15) is 118 Å². The maximum Gasteiger partial charge on any atom is 0.326 e. The van der Waals surface area contributed by atoms with Crippen LogP contribution < -0.4 is 42.5 Å². The molecule has 1 aliphatic heterocycles. The molecule has 0 radical (unpaired) electrons. The Kier molecular flexibility index (Phi) is 35.8. The summed E-state index contributed by atoms with van der Waals surface area (Å²) in [5, 5.41) is 107. The maximum absolute atomic E-state index is 14.3. The molecule has 6 unspecified atom stereocenters. The van der Waals surface area contributed by atoms with Gasteiger partial charge in [-0.25, -0.2) is 14.4 Å². The number of carboxylic acids is 9. The van der Waals surface area contributed by atoms with E-state index in [2.05, 4.69) is 37.2 Å². The lowest BCUT2D eigenvalue weighted by molar-refractivity contribution is -0.141. The number of carbonyl (C=O) groups is 16. The zero-order valence-electron chi connectivity index (χ0n) is 55.7. The van der Waals surface area contributed by atoms with E-state index in [0.717, 1.165) is 10.8 Å². The van der Waals surface area contributed by atoms with Crippen LogP contribution in [0.1, 0.15) is 102 Å². The van der Waals surface area contributed by atoms with Gasteiger partial charge in [0.2, 0.25) is 35.4 Å². The van der Waals surface area contributed by atoms with E-state index in [4.69, 9.17) is 5.11 Å². The number of hydrogen-bond acceptors (Lipinski definition) is 20. The Morgan fingerprint density at radius 1 is 0.386 bits per heavy atom. The summed E-state index contributed by atoms with van der Waals surface area (Å²) < 4.78 is 0. The van der Waals surface area contributed by atoms with Crippen LogP contribution in [-0.4, -0.2) is 289 Å². The summed E-state index contributed by atoms with van der Waals surface area (Å²) in [5.74, 6) is -18.1. The molecule has 1 aliphatic carbocycles. The van der Waals surface area contributed by atoms with Gasteiger partial charge in [-0.05, 0) is 92.9 Å². The van der Waals surface area contributed by atoms with Gasteiger partial charge in [-0.2, -0.15) is 0 Å². The van der Waals surface area contributed by atoms with Crippen molar-refractivity contribution in [2.75, 3.05) is 91.6 Å². The fraction of sp³-hybridized carbons (Fsp3) is 0.594. The molecule has 6 atom stereocenters. The Morgan fingerprint density at radius 2 is 0.782 bits per heavy atom. The molecule has 4 rings (SSSR count). The van der Waals surface area contributed by atoms with Crippen molar-refractivity contribution in [3.63, 3.8) is 0 Å². The molecular weight excluding hydrogens is 1340 g/mol. The third-order valence-electron chi connectivity index (χ3n) is 17.0. The Hall–Kier alpha value is -10.1. The van der Waals surface area contributed by atoms with Crippen molar-refractivity contribution in [1.29, 1.82) is 0 Å². The van der Waals surface area contributed by atoms with Crippen molar-refractivity contribution in [1.82, 2.24) is 62.1 Å². The molecule has 8 amide bonds. The lowest BCUT2D eigenvalue weighted by Crippen LogP contribution is -2.58. The number of benzene rings is 2. The number of amides is 8. The molecule has 0 spiro atoms. The molecule has 2 aliphatic rings. The van der Waals surface area contributed by atoms with E-state index < -0.39 is 183 Å². The monoisotopic (exact) mass is 1430 g/mol. The Balaban J connectivity index is 1.43. The second kappa shape index (κ2) is 43.4. The predicted molar refractivity (Wildman–Crippen MR) is 351 cm³/mol. The molecular formula is C64H92N12O25. The average molecular weight is 1430 g/mol. The van der Waals surface area contributed by atoms with E-state index >= 15 is 0 Å². The zero-order chi connectivity index (χ0) is 74.7. The standard InChI is InChI=1S/C64H92N12O25/c77-49(34-73-23-25-74(35-54(86)87)27-29-76(37-56(90)91)30-28-75(26-24-73)36-55(88)89)66-33-38-8-12-41(13-9-38)57(92)67-43(14-18-50(78)79)59(94)68-44(15-19-51(80)81)60(95)69-45(16-20-52(82)83)61(96)70-48(32-39-10-11-40-5-1-2-6-42(40)31-39)58(93)65-22-4-3-7-46(62(97)98)71-64(101)72-47(63(99)100)17-21-53(84)85/h1-2,5-6,10-11,31,38,41,43-48H,3-4,7-9,12-30,32-37H2,(H,65,93)(H,66,77)(H,67,92)(H,68,94)(H,69,95)(H,70,96)(H,78,79)(H,80,81)(H,82,83)(H,84,85)(H,86,87)(H,88,89)(H,90,91)(H,97,98)(H,99,100)(H2,71,72,101). The summed E-state index contributed by atoms with van der Waals surface area (Å²) in [6.07, 6.45) is -4.07. The summed E-state index contributed by atoms with van der Waals surface area (Å²) in [4.78, 5) is 209. The van der Waals surface area contributed by atoms with Crippen LogP contribution in [0.25, 0.3) is 10.8 Å². The van der Waals surface area contributed by atoms with Gasteiger partial charge in [-0.15, -0.1) is 0 Å². The molecule has 101 heavy (non-hydrogen) atoms. The number of aliphatic carboxylic acids is 9. The molecule has 2 fully saturated rings. The highest BCUT2D eigenvalue weighted by Gasteiger charge is 2.35. The summed E-state index contributed by atoms with van der Waals surface area (Å²) in [6, 6.07) is 1.26. The number of nitrogens with zero attached hydrogens (tertiary/aromatic N) is 4. The molecule has 558 valence electrons. The highest BCUT2D eigenvalue weighted by Crippen LogP contribution is 2.29. The number of urea groups is 1. The Bertz CT molecular complexity index is 3210. The van der Waals surface area contributed by atoms with Crippen LogP contribution in [0.2, 0.25) is 0 Å². The van der Waals surface area contributed by atoms with Crippen molar-refractivity contribution in [3.05, 3.63) is 48.0 Å². The number of rotatable bonds is 42. The van der Waals surface area contributed by atoms with Gasteiger partial charge in [-0.3, -0.25) is 81.9 Å². The number of fused-ring (bicyclic) bond motifs is 1. The quantitative estimate of drug-likeness (QED) is 0.0310. The Labute approximate surface area is 579 Å². The SMILES string of the molecule is O=C(O)CCC(NC(=O)NC(CCCCNC(=O)C(Cc1ccc2ccccc2c1)NC(=O)C(CCC(=O)O)NC(=O)C(CCC(=O)O)NC(=O)C(CCC(=O)O)NC(=O)C1CCC(CNC(=O)CN2CCN(CC(=O)O)CCN(CC(=O)O)CCN(CC(=O)O)CC2)CC1)C(=O)O)C(=O)O. The highest BCUT2D eigenvalue weighted by molar-refractivity contribution is 5.96. The minimum absolute atomic E-state index is 0.0388. The van der Waals surface area contributed by atoms with Gasteiger partial charge < -0.3 is 88.5 Å². The van der Waals surface area contributed by atoms with Crippen LogP contribution >= 0.6 is 0 Å². The van der Waals surface area contributed by atoms with Crippen LogP contribution in [-0.2, 0) is 78.3 Å². The number of carboxylic acid groups (broad SMARTS) is 9. The van der Waals surface area contributed by atoms with E-state index in [1.54, 1.807) is 56.0 Å². The van der Waals surface area contributed by atoms with Crippen LogP contribution in [0.3, 0.4) is 0 Å². The van der Waals surface area contributed by atoms with Crippen molar-refractivity contribution in [2.24, 2.45) is 11.8 Å². The predicted octanol–water partition coefficient (Wildman–Crippen LogP) is -2.33. The van der Waals surface area contributed by atoms with E-state index in [1.807, 2.05) is 11.4 Å². The fourth-order valence-corrected chi connectivity index (χ4v) is 11.4. The largest absolute Gasteiger partial charge is 0.481 e. The van der Waals surface area contributed by atoms with E-state index in [0.29, 0.717) is 18.4 Å². The average Bonchev–Trinajstić information content (AvgIpc) is 0.836. The molecule has 17 N–H and O–H groups in total. The van der Waals surface area contributed by atoms with Gasteiger partial charge in [0.25, 0.3) is 0 Å². The smallest absolute Gasteiger partial charge is 0.326 e. The third kappa shape index (κ3) is 33.1. The fourth-order valence-electron chi connectivity index (χ4n) is 11.4. The first-order valence-corrected chi connectivity index (χ1v) is 33.0. The lowest BCUT2D eigenvalue weighted by Gasteiger charge is -2.33. The van der Waals surface area contributed by atoms with Crippen LogP contribution in [0.5, 0.6) is 0 Å². The van der Waals surface area contributed by atoms with Crippen molar-refractivity contribution in [2.45, 2.75) is 139 Å². The van der Waals surface area contributed by atoms with Crippen molar-refractivity contribution in [3.8, 4) is 0 Å². The summed E-state index contributed by atoms with van der Waals surface area (Å²) in [6.45, 7) is 0.418. The van der Waals surface area contributed by atoms with Gasteiger partial charge in [0.1, 0.15) is 36.3 Å². The minimum atomic E-state index is -1.82. The van der Waals surface area contributed by atoms with Crippen molar-refractivity contribution < 1.29 is 123 Å². The molecule has 1 heterocycles. The van der Waals surface area contributed by atoms with Gasteiger partial charge in [0, 0.05) is 103 Å². The van der Waals surface area contributed by atoms with Crippen LogP contribution in [0, 0.1) is 11.8 Å². The molecule has 1 saturated heterocycles. The summed E-state index contributed by atoms with van der Waals surface area (Å²) in [5.41, 5.74) is 0.518. The zero-order valence-corrected chi connectivity index (χ0v) is 55.7. The first-order valence-electron chi connectivity index (χ1n) is 33.0. The first kappa shape index (κ1) is 83.3. The van der Waals surface area contributed by atoms with Gasteiger partial charge in [0.05, 0.1) is 26.2 Å². The number of hydrogen-bond donors (Lipinski definition) is 17. The number of nitrogens with one attached hydrogen (secondary N) is 8. The van der Waals surface area contributed by atoms with Gasteiger partial charge in [-0.1, -0.05) is 42.5 Å². The Morgan fingerprint density at radius 3 is 1.21 bits per heavy atom. The van der Waals surface area contributed by atoms with E-state index in [1.165, 1.54) is 0 Å². The van der Waals surface area contributed by atoms with Gasteiger partial charge >= 0.3 is 59.8 Å². The molecule has 2 aromatic rings. The number of unbranched alkanes of at least 4 members (excludes halogenated alkanes) is 1. The lowest BCUT2D eigenvalue weighted by atomic mass is 9.81. The normalized spacial score (nSPS) is 17.5. The molecule has 0 bridgehead atoms. The molecule has 0 aromatic heterocycles. The molecule has 2 aromatic carbocycles. The van der Waals surface area contributed by atoms with Crippen LogP contribution in [0.4, 0.5) is 4.79 Å². The van der Waals surface area contributed by atoms with Crippen LogP contribution in [0.15, 0.2) is 42.5 Å². The van der Waals surface area contributed by atoms with Crippen molar-refractivity contribution >= 4 is 106 Å².